The third kappa shape index (κ3) is 3.96. The normalized spacial score (nSPS) is 17.2. The minimum absolute atomic E-state index is 0.0585. The molecule has 0 unspecified atom stereocenters. The largest absolute Gasteiger partial charge is 0.381 e. The van der Waals surface area contributed by atoms with E-state index in [4.69, 9.17) is 4.74 Å². The Morgan fingerprint density at radius 3 is 2.39 bits per heavy atom. The highest BCUT2D eigenvalue weighted by Gasteiger charge is 2.41. The molecule has 31 heavy (non-hydrogen) atoms. The first-order valence-electron chi connectivity index (χ1n) is 11.1. The number of anilines is 2. The van der Waals surface area contributed by atoms with Crippen molar-refractivity contribution in [2.45, 2.75) is 31.2 Å². The molecule has 0 bridgehead atoms. The minimum Gasteiger partial charge on any atom is -0.381 e. The quantitative estimate of drug-likeness (QED) is 0.646. The molecule has 0 spiro atoms. The van der Waals surface area contributed by atoms with Crippen molar-refractivity contribution in [3.8, 4) is 0 Å². The summed E-state index contributed by atoms with van der Waals surface area (Å²) in [7, 11) is 0. The average molecular weight is 413 g/mol. The molecule has 1 saturated heterocycles. The van der Waals surface area contributed by atoms with Crippen LogP contribution in [0.4, 0.5) is 11.4 Å². The molecule has 3 aromatic rings. The van der Waals surface area contributed by atoms with Gasteiger partial charge in [0.05, 0.1) is 5.41 Å². The number of benzene rings is 3. The zero-order valence-corrected chi connectivity index (χ0v) is 17.7. The van der Waals surface area contributed by atoms with Crippen LogP contribution in [0, 0.1) is 0 Å². The van der Waals surface area contributed by atoms with Gasteiger partial charge in [-0.15, -0.1) is 0 Å². The number of carbonyl (C=O) groups is 1. The van der Waals surface area contributed by atoms with Gasteiger partial charge in [0.25, 0.3) is 0 Å². The highest BCUT2D eigenvalue weighted by molar-refractivity contribution is 5.99. The maximum atomic E-state index is 13.4. The Bertz CT molecular complexity index is 1040. The van der Waals surface area contributed by atoms with Crippen LogP contribution in [0.25, 0.3) is 0 Å². The van der Waals surface area contributed by atoms with Crippen LogP contribution in [0.2, 0.25) is 0 Å². The Kier molecular flexibility index (Phi) is 5.47. The fraction of sp³-hybridized carbons (Fsp3) is 0.296. The molecule has 4 heteroatoms. The van der Waals surface area contributed by atoms with Crippen molar-refractivity contribution in [2.24, 2.45) is 0 Å². The zero-order valence-electron chi connectivity index (χ0n) is 17.7. The van der Waals surface area contributed by atoms with Crippen molar-refractivity contribution in [3.63, 3.8) is 0 Å². The number of hydrogen-bond acceptors (Lipinski definition) is 3. The predicted molar refractivity (Wildman–Crippen MR) is 124 cm³/mol. The number of amides is 1. The molecule has 3 aromatic carbocycles. The fourth-order valence-corrected chi connectivity index (χ4v) is 4.86. The van der Waals surface area contributed by atoms with E-state index in [0.29, 0.717) is 26.1 Å². The molecular formula is C27H28N2O2. The monoisotopic (exact) mass is 412 g/mol. The van der Waals surface area contributed by atoms with Gasteiger partial charge in [-0.1, -0.05) is 60.7 Å². The van der Waals surface area contributed by atoms with Gasteiger partial charge in [0, 0.05) is 37.7 Å². The molecule has 0 aromatic heterocycles. The van der Waals surface area contributed by atoms with E-state index in [2.05, 4.69) is 58.7 Å². The first kappa shape index (κ1) is 19.8. The first-order chi connectivity index (χ1) is 15.2. The Labute approximate surface area is 183 Å². The van der Waals surface area contributed by atoms with Crippen LogP contribution in [0.5, 0.6) is 0 Å². The number of nitrogens with zero attached hydrogens (tertiary/aromatic N) is 1. The second kappa shape index (κ2) is 8.56. The smallest absolute Gasteiger partial charge is 0.235 e. The van der Waals surface area contributed by atoms with Gasteiger partial charge in [-0.2, -0.15) is 0 Å². The van der Waals surface area contributed by atoms with Crippen LogP contribution in [0.3, 0.4) is 0 Å². The van der Waals surface area contributed by atoms with Crippen LogP contribution in [0.15, 0.2) is 78.9 Å². The number of nitrogens with one attached hydrogen (secondary N) is 1. The lowest BCUT2D eigenvalue weighted by Crippen LogP contribution is -2.44. The lowest BCUT2D eigenvalue weighted by Gasteiger charge is -2.36. The predicted octanol–water partition coefficient (Wildman–Crippen LogP) is 4.94. The summed E-state index contributed by atoms with van der Waals surface area (Å²) >= 11 is 0. The Morgan fingerprint density at radius 1 is 0.903 bits per heavy atom. The van der Waals surface area contributed by atoms with Gasteiger partial charge in [-0.25, -0.2) is 0 Å². The molecule has 1 amide bonds. The summed E-state index contributed by atoms with van der Waals surface area (Å²) in [6.45, 7) is 3.16. The van der Waals surface area contributed by atoms with E-state index in [-0.39, 0.29) is 5.91 Å². The number of carbonyl (C=O) groups excluding carboxylic acids is 1. The van der Waals surface area contributed by atoms with E-state index in [1.807, 2.05) is 30.3 Å². The molecule has 158 valence electrons. The molecule has 1 fully saturated rings. The van der Waals surface area contributed by atoms with Crippen molar-refractivity contribution < 1.29 is 9.53 Å². The van der Waals surface area contributed by atoms with E-state index >= 15 is 0 Å². The SMILES string of the molecule is O=C(Nc1ccc(CN2CCc3ccccc32)cc1)C1(c2ccccc2)CCOCC1. The molecule has 1 N–H and O–H groups in total. The Morgan fingerprint density at radius 2 is 1.61 bits per heavy atom. The summed E-state index contributed by atoms with van der Waals surface area (Å²) in [4.78, 5) is 15.8. The topological polar surface area (TPSA) is 41.6 Å². The zero-order chi connectivity index (χ0) is 21.1. The number of ether oxygens (including phenoxy) is 1. The first-order valence-corrected chi connectivity index (χ1v) is 11.1. The maximum absolute atomic E-state index is 13.4. The summed E-state index contributed by atoms with van der Waals surface area (Å²) in [5.41, 5.74) is 5.39. The maximum Gasteiger partial charge on any atom is 0.235 e. The molecule has 5 rings (SSSR count). The Balaban J connectivity index is 1.29. The molecular weight excluding hydrogens is 384 g/mol. The average Bonchev–Trinajstić information content (AvgIpc) is 3.24. The van der Waals surface area contributed by atoms with Gasteiger partial charge < -0.3 is 15.0 Å². The van der Waals surface area contributed by atoms with Gasteiger partial charge in [0.1, 0.15) is 0 Å². The van der Waals surface area contributed by atoms with Crippen LogP contribution in [-0.4, -0.2) is 25.7 Å². The van der Waals surface area contributed by atoms with E-state index in [9.17, 15) is 4.79 Å². The minimum atomic E-state index is -0.530. The van der Waals surface area contributed by atoms with Gasteiger partial charge in [-0.05, 0) is 54.2 Å². The van der Waals surface area contributed by atoms with Crippen molar-refractivity contribution >= 4 is 17.3 Å². The summed E-state index contributed by atoms with van der Waals surface area (Å²) in [5, 5.41) is 3.18. The number of fused-ring (bicyclic) bond motifs is 1. The third-order valence-corrected chi connectivity index (χ3v) is 6.68. The standard InChI is InChI=1S/C27H28N2O2/c30-26(27(15-18-31-19-16-27)23-7-2-1-3-8-23)28-24-12-10-21(11-13-24)20-29-17-14-22-6-4-5-9-25(22)29/h1-13H,14-20H2,(H,28,30). The Hall–Kier alpha value is -3.11. The van der Waals surface area contributed by atoms with E-state index < -0.39 is 5.41 Å². The van der Waals surface area contributed by atoms with Crippen LogP contribution >= 0.6 is 0 Å². The summed E-state index contributed by atoms with van der Waals surface area (Å²) in [6, 6.07) is 27.0. The van der Waals surface area contributed by atoms with E-state index in [1.54, 1.807) is 0 Å². The van der Waals surface area contributed by atoms with Gasteiger partial charge in [-0.3, -0.25) is 4.79 Å². The molecule has 0 saturated carbocycles. The lowest BCUT2D eigenvalue weighted by molar-refractivity contribution is -0.125. The summed E-state index contributed by atoms with van der Waals surface area (Å²) in [6.07, 6.45) is 2.51. The van der Waals surface area contributed by atoms with Gasteiger partial charge in [0.15, 0.2) is 0 Å². The van der Waals surface area contributed by atoms with Gasteiger partial charge >= 0.3 is 0 Å². The van der Waals surface area contributed by atoms with Gasteiger partial charge in [0.2, 0.25) is 5.91 Å². The third-order valence-electron chi connectivity index (χ3n) is 6.68. The fourth-order valence-electron chi connectivity index (χ4n) is 4.86. The molecule has 0 aliphatic carbocycles. The second-order valence-electron chi connectivity index (χ2n) is 8.51. The van der Waals surface area contributed by atoms with Crippen molar-refractivity contribution in [1.82, 2.24) is 0 Å². The highest BCUT2D eigenvalue weighted by Crippen LogP contribution is 2.36. The number of rotatable bonds is 5. The highest BCUT2D eigenvalue weighted by atomic mass is 16.5. The van der Waals surface area contributed by atoms with Crippen molar-refractivity contribution in [2.75, 3.05) is 30.0 Å². The van der Waals surface area contributed by atoms with Crippen LogP contribution < -0.4 is 10.2 Å². The number of para-hydroxylation sites is 1. The van der Waals surface area contributed by atoms with E-state index in [0.717, 1.165) is 30.8 Å². The molecule has 2 aliphatic rings. The summed E-state index contributed by atoms with van der Waals surface area (Å²) in [5.74, 6) is 0.0585. The molecule has 2 heterocycles. The van der Waals surface area contributed by atoms with Crippen molar-refractivity contribution in [1.29, 1.82) is 0 Å². The molecule has 2 aliphatic heterocycles. The second-order valence-corrected chi connectivity index (χ2v) is 8.51. The summed E-state index contributed by atoms with van der Waals surface area (Å²) < 4.78 is 5.57. The molecule has 4 nitrogen and oxygen atoms in total. The molecule has 0 atom stereocenters. The lowest BCUT2D eigenvalue weighted by atomic mass is 9.73. The molecule has 0 radical (unpaired) electrons. The van der Waals surface area contributed by atoms with Crippen LogP contribution in [0.1, 0.15) is 29.5 Å². The van der Waals surface area contributed by atoms with Crippen LogP contribution in [-0.2, 0) is 27.9 Å². The van der Waals surface area contributed by atoms with Crippen molar-refractivity contribution in [3.05, 3.63) is 95.6 Å². The van der Waals surface area contributed by atoms with E-state index in [1.165, 1.54) is 16.8 Å². The number of hydrogen-bond donors (Lipinski definition) is 1.